The topological polar surface area (TPSA) is 36.4 Å². The van der Waals surface area contributed by atoms with Gasteiger partial charge in [0.15, 0.2) is 0 Å². The molecule has 5 heteroatoms. The van der Waals surface area contributed by atoms with Gasteiger partial charge in [-0.1, -0.05) is 0 Å². The summed E-state index contributed by atoms with van der Waals surface area (Å²) in [5, 5.41) is 4.31. The van der Waals surface area contributed by atoms with E-state index in [1.54, 1.807) is 23.7 Å². The Balaban J connectivity index is 1.55. The van der Waals surface area contributed by atoms with Crippen LogP contribution in [0.15, 0.2) is 41.4 Å². The smallest absolute Gasteiger partial charge is 0.229 e. The summed E-state index contributed by atoms with van der Waals surface area (Å²) < 4.78 is 0. The van der Waals surface area contributed by atoms with Crippen LogP contribution in [0.5, 0.6) is 0 Å². The third-order valence-corrected chi connectivity index (χ3v) is 5.23. The standard InChI is InChI=1S/C16H17N3OS/c20-16-8-15-14(19(16)13-2-1-5-17-9-13)3-6-18(15)10-12-4-7-21-11-12/h1-2,4-5,7,9,11,14-15H,3,6,8,10H2. The molecule has 4 rings (SSSR count). The van der Waals surface area contributed by atoms with Crippen molar-refractivity contribution in [3.05, 3.63) is 46.9 Å². The fourth-order valence-corrected chi connectivity index (χ4v) is 4.23. The van der Waals surface area contributed by atoms with Crippen LogP contribution in [0.3, 0.4) is 0 Å². The fraction of sp³-hybridized carbons (Fsp3) is 0.375. The molecular weight excluding hydrogens is 282 g/mol. The molecule has 4 heterocycles. The molecule has 2 aromatic heterocycles. The normalized spacial score (nSPS) is 25.5. The first-order valence-corrected chi connectivity index (χ1v) is 8.24. The van der Waals surface area contributed by atoms with Gasteiger partial charge in [-0.05, 0) is 40.9 Å². The maximum atomic E-state index is 12.4. The summed E-state index contributed by atoms with van der Waals surface area (Å²) in [6.07, 6.45) is 5.22. The van der Waals surface area contributed by atoms with Gasteiger partial charge in [0.2, 0.25) is 5.91 Å². The van der Waals surface area contributed by atoms with Gasteiger partial charge in [-0.2, -0.15) is 11.3 Å². The molecule has 2 atom stereocenters. The zero-order valence-electron chi connectivity index (χ0n) is 11.7. The highest BCUT2D eigenvalue weighted by Crippen LogP contribution is 2.36. The van der Waals surface area contributed by atoms with Crippen LogP contribution in [0.4, 0.5) is 5.69 Å². The zero-order chi connectivity index (χ0) is 14.2. The third kappa shape index (κ3) is 2.26. The summed E-state index contributed by atoms with van der Waals surface area (Å²) in [7, 11) is 0. The Morgan fingerprint density at radius 1 is 1.33 bits per heavy atom. The Morgan fingerprint density at radius 2 is 2.29 bits per heavy atom. The van der Waals surface area contributed by atoms with Crippen LogP contribution in [0.1, 0.15) is 18.4 Å². The second-order valence-electron chi connectivity index (χ2n) is 5.70. The van der Waals surface area contributed by atoms with Gasteiger partial charge in [-0.3, -0.25) is 14.7 Å². The number of hydrogen-bond donors (Lipinski definition) is 0. The van der Waals surface area contributed by atoms with E-state index in [2.05, 4.69) is 26.7 Å². The van der Waals surface area contributed by atoms with E-state index in [-0.39, 0.29) is 5.91 Å². The van der Waals surface area contributed by atoms with E-state index < -0.39 is 0 Å². The summed E-state index contributed by atoms with van der Waals surface area (Å²) in [6, 6.07) is 6.70. The van der Waals surface area contributed by atoms with Crippen LogP contribution in [-0.2, 0) is 11.3 Å². The number of carbonyl (C=O) groups excluding carboxylic acids is 1. The fourth-order valence-electron chi connectivity index (χ4n) is 3.57. The van der Waals surface area contributed by atoms with Crippen molar-refractivity contribution >= 4 is 22.9 Å². The van der Waals surface area contributed by atoms with Gasteiger partial charge < -0.3 is 4.90 Å². The second-order valence-corrected chi connectivity index (χ2v) is 6.48. The summed E-state index contributed by atoms with van der Waals surface area (Å²) >= 11 is 1.73. The number of fused-ring (bicyclic) bond motifs is 1. The van der Waals surface area contributed by atoms with E-state index in [4.69, 9.17) is 0 Å². The number of pyridine rings is 1. The molecule has 0 saturated carbocycles. The van der Waals surface area contributed by atoms with Gasteiger partial charge >= 0.3 is 0 Å². The van der Waals surface area contributed by atoms with Gasteiger partial charge in [-0.15, -0.1) is 0 Å². The highest BCUT2D eigenvalue weighted by molar-refractivity contribution is 7.07. The predicted octanol–water partition coefficient (Wildman–Crippen LogP) is 2.52. The van der Waals surface area contributed by atoms with Crippen LogP contribution >= 0.6 is 11.3 Å². The first kappa shape index (κ1) is 13.0. The lowest BCUT2D eigenvalue weighted by atomic mass is 10.1. The Hall–Kier alpha value is -1.72. The first-order valence-electron chi connectivity index (χ1n) is 7.30. The van der Waals surface area contributed by atoms with Crippen molar-refractivity contribution in [2.45, 2.75) is 31.5 Å². The monoisotopic (exact) mass is 299 g/mol. The van der Waals surface area contributed by atoms with E-state index in [9.17, 15) is 4.79 Å². The van der Waals surface area contributed by atoms with E-state index >= 15 is 0 Å². The Bertz CT molecular complexity index is 628. The van der Waals surface area contributed by atoms with Crippen molar-refractivity contribution in [1.29, 1.82) is 0 Å². The van der Waals surface area contributed by atoms with Gasteiger partial charge in [-0.25, -0.2) is 0 Å². The van der Waals surface area contributed by atoms with Crippen molar-refractivity contribution < 1.29 is 4.79 Å². The largest absolute Gasteiger partial charge is 0.306 e. The number of hydrogen-bond acceptors (Lipinski definition) is 4. The average Bonchev–Trinajstić information content (AvgIpc) is 3.19. The van der Waals surface area contributed by atoms with E-state index in [0.717, 1.165) is 25.2 Å². The van der Waals surface area contributed by atoms with E-state index in [1.165, 1.54) is 5.56 Å². The summed E-state index contributed by atoms with van der Waals surface area (Å²) in [5.41, 5.74) is 2.29. The van der Waals surface area contributed by atoms with Crippen molar-refractivity contribution in [2.24, 2.45) is 0 Å². The van der Waals surface area contributed by atoms with Crippen LogP contribution in [0.25, 0.3) is 0 Å². The third-order valence-electron chi connectivity index (χ3n) is 4.50. The molecule has 0 N–H and O–H groups in total. The molecule has 2 aliphatic rings. The molecule has 0 radical (unpaired) electrons. The highest BCUT2D eigenvalue weighted by Gasteiger charge is 2.47. The minimum absolute atomic E-state index is 0.230. The molecule has 1 amide bonds. The Kier molecular flexibility index (Phi) is 3.24. The van der Waals surface area contributed by atoms with Gasteiger partial charge in [0.25, 0.3) is 0 Å². The molecule has 0 aromatic carbocycles. The average molecular weight is 299 g/mol. The van der Waals surface area contributed by atoms with Gasteiger partial charge in [0, 0.05) is 31.7 Å². The number of aromatic nitrogens is 1. The number of rotatable bonds is 3. The van der Waals surface area contributed by atoms with Crippen LogP contribution in [0, 0.1) is 0 Å². The minimum atomic E-state index is 0.230. The van der Waals surface area contributed by atoms with Gasteiger partial charge in [0.1, 0.15) is 0 Å². The SMILES string of the molecule is O=C1CC2C(CCN2Cc2ccsc2)N1c1cccnc1. The van der Waals surface area contributed by atoms with Crippen LogP contribution in [-0.4, -0.2) is 34.4 Å². The highest BCUT2D eigenvalue weighted by atomic mass is 32.1. The summed E-state index contributed by atoms with van der Waals surface area (Å²) in [6.45, 7) is 2.02. The van der Waals surface area contributed by atoms with Crippen molar-refractivity contribution in [3.8, 4) is 0 Å². The van der Waals surface area contributed by atoms with Gasteiger partial charge in [0.05, 0.1) is 17.9 Å². The van der Waals surface area contributed by atoms with Crippen LogP contribution < -0.4 is 4.90 Å². The summed E-state index contributed by atoms with van der Waals surface area (Å²) in [4.78, 5) is 21.0. The molecule has 4 nitrogen and oxygen atoms in total. The Labute approximate surface area is 128 Å². The lowest BCUT2D eigenvalue weighted by molar-refractivity contribution is -0.117. The van der Waals surface area contributed by atoms with Crippen molar-refractivity contribution in [2.75, 3.05) is 11.4 Å². The number of thiophene rings is 1. The van der Waals surface area contributed by atoms with Crippen LogP contribution in [0.2, 0.25) is 0 Å². The molecule has 2 saturated heterocycles. The number of likely N-dealkylation sites (tertiary alicyclic amines) is 1. The van der Waals surface area contributed by atoms with Crippen molar-refractivity contribution in [3.63, 3.8) is 0 Å². The second kappa shape index (κ2) is 5.24. The maximum absolute atomic E-state index is 12.4. The molecule has 21 heavy (non-hydrogen) atoms. The molecule has 108 valence electrons. The molecule has 2 aromatic rings. The minimum Gasteiger partial charge on any atom is -0.306 e. The zero-order valence-corrected chi connectivity index (χ0v) is 12.5. The number of carbonyl (C=O) groups is 1. The number of amides is 1. The number of nitrogens with zero attached hydrogens (tertiary/aromatic N) is 3. The maximum Gasteiger partial charge on any atom is 0.229 e. The molecule has 0 spiro atoms. The number of anilines is 1. The van der Waals surface area contributed by atoms with Crippen molar-refractivity contribution in [1.82, 2.24) is 9.88 Å². The molecule has 0 bridgehead atoms. The molecule has 0 aliphatic carbocycles. The molecule has 2 unspecified atom stereocenters. The summed E-state index contributed by atoms with van der Waals surface area (Å²) in [5.74, 6) is 0.230. The first-order chi connectivity index (χ1) is 10.3. The lowest BCUT2D eigenvalue weighted by Crippen LogP contribution is -2.37. The van der Waals surface area contributed by atoms with E-state index in [0.29, 0.717) is 18.5 Å². The van der Waals surface area contributed by atoms with E-state index in [1.807, 2.05) is 17.0 Å². The molecule has 2 fully saturated rings. The quantitative estimate of drug-likeness (QED) is 0.874. The lowest BCUT2D eigenvalue weighted by Gasteiger charge is -2.25. The Morgan fingerprint density at radius 3 is 3.05 bits per heavy atom. The predicted molar refractivity (Wildman–Crippen MR) is 83.3 cm³/mol. The molecule has 2 aliphatic heterocycles. The molecular formula is C16H17N3OS.